The summed E-state index contributed by atoms with van der Waals surface area (Å²) in [5.74, 6) is -0.157. The van der Waals surface area contributed by atoms with Gasteiger partial charge in [0.2, 0.25) is 11.5 Å². The number of aromatic amines is 3. The summed E-state index contributed by atoms with van der Waals surface area (Å²) in [5.41, 5.74) is 3.58. The number of benzene rings is 1. The monoisotopic (exact) mass is 454 g/mol. The van der Waals surface area contributed by atoms with Gasteiger partial charge in [-0.25, -0.2) is 23.7 Å². The summed E-state index contributed by atoms with van der Waals surface area (Å²) in [6.07, 6.45) is 4.07. The molecule has 10 nitrogen and oxygen atoms in total. The molecule has 0 unspecified atom stereocenters. The summed E-state index contributed by atoms with van der Waals surface area (Å²) >= 11 is 0. The van der Waals surface area contributed by atoms with Crippen molar-refractivity contribution in [2.45, 2.75) is 13.0 Å². The molecule has 33 heavy (non-hydrogen) atoms. The van der Waals surface area contributed by atoms with E-state index in [-0.39, 0.29) is 11.4 Å². The Morgan fingerprint density at radius 2 is 1.79 bits per heavy atom. The van der Waals surface area contributed by atoms with Gasteiger partial charge in [0.25, 0.3) is 0 Å². The second kappa shape index (κ2) is 7.96. The molecule has 0 spiro atoms. The Morgan fingerprint density at radius 1 is 1.00 bits per heavy atom. The zero-order chi connectivity index (χ0) is 22.4. The molecule has 12 heteroatoms. The first-order chi connectivity index (χ1) is 16.2. The number of H-pyrrole nitrogens is 3. The van der Waals surface area contributed by atoms with E-state index in [1.807, 2.05) is 0 Å². The lowest BCUT2D eigenvalue weighted by atomic mass is 10.1. The second-order valence-electron chi connectivity index (χ2n) is 8.05. The molecular weight excluding hydrogens is 432 g/mol. The number of halogens is 2. The molecule has 1 saturated heterocycles. The van der Waals surface area contributed by atoms with E-state index in [2.05, 4.69) is 40.1 Å². The van der Waals surface area contributed by atoms with Crippen LogP contribution >= 0.6 is 0 Å². The van der Waals surface area contributed by atoms with Crippen LogP contribution in [-0.4, -0.2) is 57.8 Å². The molecule has 0 radical (unpaired) electrons. The first kappa shape index (κ1) is 19.9. The van der Waals surface area contributed by atoms with Crippen LogP contribution in [0.4, 0.5) is 31.9 Å². The van der Waals surface area contributed by atoms with Crippen molar-refractivity contribution in [2.24, 2.45) is 0 Å². The summed E-state index contributed by atoms with van der Waals surface area (Å²) in [4.78, 5) is 26.5. The molecule has 0 bridgehead atoms. The number of imidazole rings is 2. The third kappa shape index (κ3) is 3.61. The van der Waals surface area contributed by atoms with Gasteiger partial charge < -0.3 is 24.5 Å². The Bertz CT molecular complexity index is 1290. The number of fused-ring (bicyclic) bond motifs is 2. The quantitative estimate of drug-likeness (QED) is 0.432. The highest BCUT2D eigenvalue weighted by molar-refractivity contribution is 5.82. The van der Waals surface area contributed by atoms with Gasteiger partial charge in [0.05, 0.1) is 56.0 Å². The topological polar surface area (TPSA) is 112 Å². The average Bonchev–Trinajstić information content (AvgIpc) is 3.47. The van der Waals surface area contributed by atoms with Gasteiger partial charge in [-0.2, -0.15) is 0 Å². The Labute approximate surface area is 187 Å². The molecule has 0 atom stereocenters. The lowest BCUT2D eigenvalue weighted by Crippen LogP contribution is -2.37. The number of nitrogens with zero attached hydrogens (tertiary/aromatic N) is 5. The Hall–Kier alpha value is -3.80. The minimum Gasteiger partial charge on any atom is -0.378 e. The van der Waals surface area contributed by atoms with Crippen LogP contribution in [0.15, 0.2) is 24.8 Å². The zero-order valence-corrected chi connectivity index (χ0v) is 17.7. The summed E-state index contributed by atoms with van der Waals surface area (Å²) in [6.45, 7) is 3.18. The highest BCUT2D eigenvalue weighted by Gasteiger charge is 2.27. The molecule has 1 fully saturated rings. The SMILES string of the molecule is Fc1cc(Nc2nc3nc[nH]c3c(N3CCc4nc[nH]c4C3)[nH+]2)cc(F)c1N1CCOCC1. The van der Waals surface area contributed by atoms with Gasteiger partial charge in [-0.15, -0.1) is 0 Å². The van der Waals surface area contributed by atoms with Crippen LogP contribution in [0.3, 0.4) is 0 Å². The van der Waals surface area contributed by atoms with Crippen LogP contribution in [0.25, 0.3) is 11.2 Å². The summed E-state index contributed by atoms with van der Waals surface area (Å²) < 4.78 is 35.0. The van der Waals surface area contributed by atoms with Crippen molar-refractivity contribution >= 4 is 34.3 Å². The van der Waals surface area contributed by atoms with Crippen LogP contribution in [0, 0.1) is 11.6 Å². The Kier molecular flexibility index (Phi) is 4.79. The maximum absolute atomic E-state index is 14.9. The standard InChI is InChI=1S/C21H21F2N9O/c22-13-7-12(8-14(23)18(13)31-3-5-33-6-4-31)28-21-29-19-17(26-11-27-19)20(30-21)32-2-1-15-16(9-32)25-10-24-15/h7-8,10-11H,1-6,9H2,(H,24,25)(H2,26,27,28,29,30)/p+1. The van der Waals surface area contributed by atoms with Gasteiger partial charge in [-0.3, -0.25) is 5.32 Å². The number of morpholine rings is 1. The van der Waals surface area contributed by atoms with E-state index in [0.29, 0.717) is 44.4 Å². The number of nitrogens with one attached hydrogen (secondary N) is 4. The number of hydrogen-bond acceptors (Lipinski definition) is 7. The molecule has 0 saturated carbocycles. The fraction of sp³-hybridized carbons (Fsp3) is 0.333. The predicted octanol–water partition coefficient (Wildman–Crippen LogP) is 1.92. The third-order valence-electron chi connectivity index (χ3n) is 6.01. The van der Waals surface area contributed by atoms with Crippen molar-refractivity contribution in [3.8, 4) is 0 Å². The number of aromatic nitrogens is 6. The number of ether oxygens (including phenoxy) is 1. The molecule has 4 aromatic rings. The number of anilines is 4. The predicted molar refractivity (Wildman–Crippen MR) is 116 cm³/mol. The molecule has 170 valence electrons. The Balaban J connectivity index is 1.31. The van der Waals surface area contributed by atoms with Crippen molar-refractivity contribution in [2.75, 3.05) is 48.0 Å². The van der Waals surface area contributed by atoms with Gasteiger partial charge in [0.1, 0.15) is 5.69 Å². The van der Waals surface area contributed by atoms with Gasteiger partial charge >= 0.3 is 5.95 Å². The van der Waals surface area contributed by atoms with E-state index < -0.39 is 11.6 Å². The highest BCUT2D eigenvalue weighted by Crippen LogP contribution is 2.30. The highest BCUT2D eigenvalue weighted by atomic mass is 19.1. The maximum Gasteiger partial charge on any atom is 0.351 e. The maximum atomic E-state index is 14.9. The average molecular weight is 454 g/mol. The number of hydrogen-bond donors (Lipinski definition) is 3. The fourth-order valence-electron chi connectivity index (χ4n) is 4.42. The van der Waals surface area contributed by atoms with E-state index >= 15 is 0 Å². The first-order valence-corrected chi connectivity index (χ1v) is 10.8. The minimum absolute atomic E-state index is 0.0343. The van der Waals surface area contributed by atoms with Crippen molar-refractivity contribution in [3.05, 3.63) is 47.8 Å². The normalized spacial score (nSPS) is 16.3. The summed E-state index contributed by atoms with van der Waals surface area (Å²) in [7, 11) is 0. The smallest absolute Gasteiger partial charge is 0.351 e. The first-order valence-electron chi connectivity index (χ1n) is 10.8. The van der Waals surface area contributed by atoms with Crippen molar-refractivity contribution in [1.29, 1.82) is 0 Å². The molecule has 0 aliphatic carbocycles. The van der Waals surface area contributed by atoms with Gasteiger partial charge in [-0.1, -0.05) is 4.98 Å². The van der Waals surface area contributed by atoms with Crippen LogP contribution in [0.2, 0.25) is 0 Å². The van der Waals surface area contributed by atoms with Crippen LogP contribution < -0.4 is 20.1 Å². The zero-order valence-electron chi connectivity index (χ0n) is 17.7. The molecule has 2 aliphatic heterocycles. The molecule has 1 aromatic carbocycles. The van der Waals surface area contributed by atoms with E-state index in [0.717, 1.165) is 35.7 Å². The second-order valence-corrected chi connectivity index (χ2v) is 8.05. The molecule has 3 aromatic heterocycles. The van der Waals surface area contributed by atoms with Crippen LogP contribution in [-0.2, 0) is 17.7 Å². The minimum atomic E-state index is -0.636. The van der Waals surface area contributed by atoms with Crippen LogP contribution in [0.5, 0.6) is 0 Å². The van der Waals surface area contributed by atoms with E-state index in [1.165, 1.54) is 12.1 Å². The molecular formula is C21H22F2N9O+. The Morgan fingerprint density at radius 3 is 2.61 bits per heavy atom. The third-order valence-corrected chi connectivity index (χ3v) is 6.01. The molecule has 5 heterocycles. The molecule has 0 amide bonds. The van der Waals surface area contributed by atoms with E-state index in [9.17, 15) is 8.78 Å². The lowest BCUT2D eigenvalue weighted by molar-refractivity contribution is -0.349. The van der Waals surface area contributed by atoms with Gasteiger partial charge in [0, 0.05) is 31.6 Å². The molecule has 4 N–H and O–H groups in total. The van der Waals surface area contributed by atoms with Gasteiger partial charge in [-0.05, 0) is 0 Å². The van der Waals surface area contributed by atoms with Crippen molar-refractivity contribution in [3.63, 3.8) is 0 Å². The van der Waals surface area contributed by atoms with Crippen molar-refractivity contribution in [1.82, 2.24) is 24.9 Å². The van der Waals surface area contributed by atoms with Gasteiger partial charge in [0.15, 0.2) is 17.2 Å². The molecule has 2 aliphatic rings. The number of rotatable bonds is 4. The largest absolute Gasteiger partial charge is 0.378 e. The summed E-state index contributed by atoms with van der Waals surface area (Å²) in [6, 6.07) is 2.55. The van der Waals surface area contributed by atoms with Crippen LogP contribution in [0.1, 0.15) is 11.4 Å². The van der Waals surface area contributed by atoms with E-state index in [4.69, 9.17) is 4.74 Å². The lowest BCUT2D eigenvalue weighted by Gasteiger charge is -2.29. The fourth-order valence-corrected chi connectivity index (χ4v) is 4.42. The summed E-state index contributed by atoms with van der Waals surface area (Å²) in [5, 5.41) is 3.00. The van der Waals surface area contributed by atoms with E-state index in [1.54, 1.807) is 17.6 Å². The molecule has 6 rings (SSSR count). The van der Waals surface area contributed by atoms with Crippen molar-refractivity contribution < 1.29 is 18.5 Å².